The topological polar surface area (TPSA) is 33.0 Å². The van der Waals surface area contributed by atoms with E-state index in [4.69, 9.17) is 10.00 Å². The van der Waals surface area contributed by atoms with Crippen LogP contribution in [0.15, 0.2) is 42.5 Å². The molecule has 0 heterocycles. The Morgan fingerprint density at radius 1 is 1.16 bits per heavy atom. The van der Waals surface area contributed by atoms with Crippen molar-refractivity contribution in [1.29, 1.82) is 5.26 Å². The SMILES string of the molecule is N#CCc1ccc(OCc2ccccc2)c(F)c1I. The number of halogens is 2. The van der Waals surface area contributed by atoms with Crippen molar-refractivity contribution in [3.05, 3.63) is 63.0 Å². The first kappa shape index (κ1) is 13.8. The third kappa shape index (κ3) is 3.44. The fourth-order valence-electron chi connectivity index (χ4n) is 1.64. The van der Waals surface area contributed by atoms with Gasteiger partial charge in [0.25, 0.3) is 0 Å². The summed E-state index contributed by atoms with van der Waals surface area (Å²) in [5.41, 5.74) is 1.67. The van der Waals surface area contributed by atoms with Crippen molar-refractivity contribution in [2.24, 2.45) is 0 Å². The van der Waals surface area contributed by atoms with Gasteiger partial charge >= 0.3 is 0 Å². The zero-order chi connectivity index (χ0) is 13.7. The van der Waals surface area contributed by atoms with E-state index in [-0.39, 0.29) is 12.2 Å². The van der Waals surface area contributed by atoms with E-state index in [1.54, 1.807) is 12.1 Å². The van der Waals surface area contributed by atoms with Gasteiger partial charge in [-0.3, -0.25) is 0 Å². The molecule has 0 aliphatic heterocycles. The predicted molar refractivity (Wildman–Crippen MR) is 79.2 cm³/mol. The standard InChI is InChI=1S/C15H11FINO/c16-14-13(7-6-12(8-9-18)15(14)17)19-10-11-4-2-1-3-5-11/h1-7H,8,10H2. The molecule has 0 saturated carbocycles. The van der Waals surface area contributed by atoms with Gasteiger partial charge in [-0.1, -0.05) is 36.4 Å². The van der Waals surface area contributed by atoms with Crippen LogP contribution in [0.4, 0.5) is 4.39 Å². The number of hydrogen-bond donors (Lipinski definition) is 0. The van der Waals surface area contributed by atoms with E-state index in [0.29, 0.717) is 15.7 Å². The maximum Gasteiger partial charge on any atom is 0.178 e. The first-order chi connectivity index (χ1) is 9.22. The molecule has 0 aliphatic rings. The normalized spacial score (nSPS) is 9.95. The van der Waals surface area contributed by atoms with Gasteiger partial charge in [-0.25, -0.2) is 4.39 Å². The van der Waals surface area contributed by atoms with Crippen molar-refractivity contribution in [3.63, 3.8) is 0 Å². The van der Waals surface area contributed by atoms with Crippen LogP contribution in [0.5, 0.6) is 5.75 Å². The highest BCUT2D eigenvalue weighted by molar-refractivity contribution is 14.1. The van der Waals surface area contributed by atoms with Crippen molar-refractivity contribution in [2.45, 2.75) is 13.0 Å². The van der Waals surface area contributed by atoms with E-state index in [9.17, 15) is 4.39 Å². The number of nitriles is 1. The van der Waals surface area contributed by atoms with Crippen LogP contribution >= 0.6 is 22.6 Å². The lowest BCUT2D eigenvalue weighted by atomic mass is 10.1. The highest BCUT2D eigenvalue weighted by atomic mass is 127. The quantitative estimate of drug-likeness (QED) is 0.764. The van der Waals surface area contributed by atoms with Crippen LogP contribution in [0.1, 0.15) is 11.1 Å². The summed E-state index contributed by atoms with van der Waals surface area (Å²) in [6, 6.07) is 14.9. The molecule has 4 heteroatoms. The van der Waals surface area contributed by atoms with Crippen molar-refractivity contribution in [2.75, 3.05) is 0 Å². The van der Waals surface area contributed by atoms with Crippen molar-refractivity contribution >= 4 is 22.6 Å². The van der Waals surface area contributed by atoms with Crippen molar-refractivity contribution < 1.29 is 9.13 Å². The third-order valence-corrected chi connectivity index (χ3v) is 3.80. The molecule has 0 amide bonds. The van der Waals surface area contributed by atoms with Crippen molar-refractivity contribution in [3.8, 4) is 11.8 Å². The van der Waals surface area contributed by atoms with Crippen LogP contribution in [0, 0.1) is 20.7 Å². The number of rotatable bonds is 4. The molecule has 0 radical (unpaired) electrons. The highest BCUT2D eigenvalue weighted by Gasteiger charge is 2.12. The highest BCUT2D eigenvalue weighted by Crippen LogP contribution is 2.26. The van der Waals surface area contributed by atoms with Gasteiger partial charge in [0.05, 0.1) is 16.1 Å². The first-order valence-electron chi connectivity index (χ1n) is 5.73. The zero-order valence-electron chi connectivity index (χ0n) is 10.1. The minimum atomic E-state index is -0.399. The largest absolute Gasteiger partial charge is 0.486 e. The molecule has 2 aromatic rings. The minimum Gasteiger partial charge on any atom is -0.486 e. The maximum absolute atomic E-state index is 14.0. The number of hydrogen-bond acceptors (Lipinski definition) is 2. The number of benzene rings is 2. The molecule has 2 rings (SSSR count). The summed E-state index contributed by atoms with van der Waals surface area (Å²) in [6.45, 7) is 0.325. The summed E-state index contributed by atoms with van der Waals surface area (Å²) in [4.78, 5) is 0. The summed E-state index contributed by atoms with van der Waals surface area (Å²) in [5, 5.41) is 8.65. The molecule has 2 aromatic carbocycles. The van der Waals surface area contributed by atoms with Crippen LogP contribution in [-0.4, -0.2) is 0 Å². The summed E-state index contributed by atoms with van der Waals surface area (Å²) in [5.74, 6) is -0.181. The number of nitrogens with zero attached hydrogens (tertiary/aromatic N) is 1. The molecule has 0 aliphatic carbocycles. The molecule has 0 N–H and O–H groups in total. The summed E-state index contributed by atoms with van der Waals surface area (Å²) >= 11 is 1.90. The van der Waals surface area contributed by atoms with Gasteiger partial charge < -0.3 is 4.74 Å². The molecule has 2 nitrogen and oxygen atoms in total. The molecule has 19 heavy (non-hydrogen) atoms. The average Bonchev–Trinajstić information content (AvgIpc) is 2.44. The molecular weight excluding hydrogens is 356 g/mol. The van der Waals surface area contributed by atoms with E-state index in [0.717, 1.165) is 5.56 Å². The molecule has 0 fully saturated rings. The van der Waals surface area contributed by atoms with Crippen LogP contribution in [0.25, 0.3) is 0 Å². The molecule has 0 atom stereocenters. The second-order valence-corrected chi connectivity index (χ2v) is 5.04. The summed E-state index contributed by atoms with van der Waals surface area (Å²) in [6.07, 6.45) is 0.203. The third-order valence-electron chi connectivity index (χ3n) is 2.63. The smallest absolute Gasteiger partial charge is 0.178 e. The Labute approximate surface area is 125 Å². The second kappa shape index (κ2) is 6.53. The second-order valence-electron chi connectivity index (χ2n) is 3.96. The van der Waals surface area contributed by atoms with Crippen LogP contribution in [0.2, 0.25) is 0 Å². The summed E-state index contributed by atoms with van der Waals surface area (Å²) in [7, 11) is 0. The Hall–Kier alpha value is -1.61. The predicted octanol–water partition coefficient (Wildman–Crippen LogP) is 4.08. The molecule has 96 valence electrons. The monoisotopic (exact) mass is 367 g/mol. The molecule has 0 unspecified atom stereocenters. The zero-order valence-corrected chi connectivity index (χ0v) is 12.2. The van der Waals surface area contributed by atoms with Crippen LogP contribution in [0.3, 0.4) is 0 Å². The van der Waals surface area contributed by atoms with Gasteiger partial charge in [-0.2, -0.15) is 5.26 Å². The number of ether oxygens (including phenoxy) is 1. The maximum atomic E-state index is 14.0. The lowest BCUT2D eigenvalue weighted by molar-refractivity contribution is 0.289. The van der Waals surface area contributed by atoms with E-state index in [1.807, 2.05) is 59.0 Å². The van der Waals surface area contributed by atoms with Gasteiger partial charge in [-0.15, -0.1) is 0 Å². The Morgan fingerprint density at radius 3 is 2.58 bits per heavy atom. The summed E-state index contributed by atoms with van der Waals surface area (Å²) < 4.78 is 20.0. The van der Waals surface area contributed by atoms with E-state index in [2.05, 4.69) is 0 Å². The van der Waals surface area contributed by atoms with E-state index in [1.165, 1.54) is 0 Å². The molecule has 0 bridgehead atoms. The van der Waals surface area contributed by atoms with Crippen LogP contribution in [-0.2, 0) is 13.0 Å². The average molecular weight is 367 g/mol. The minimum absolute atomic E-state index is 0.203. The lowest BCUT2D eigenvalue weighted by Gasteiger charge is -2.10. The van der Waals surface area contributed by atoms with Gasteiger partial charge in [0.15, 0.2) is 11.6 Å². The molecule has 0 aromatic heterocycles. The molecule has 0 spiro atoms. The Morgan fingerprint density at radius 2 is 1.89 bits per heavy atom. The van der Waals surface area contributed by atoms with E-state index >= 15 is 0 Å². The van der Waals surface area contributed by atoms with Crippen molar-refractivity contribution in [1.82, 2.24) is 0 Å². The lowest BCUT2D eigenvalue weighted by Crippen LogP contribution is -2.00. The Balaban J connectivity index is 2.14. The molecular formula is C15H11FINO. The fraction of sp³-hybridized carbons (Fsp3) is 0.133. The van der Waals surface area contributed by atoms with Gasteiger partial charge in [0.2, 0.25) is 0 Å². The van der Waals surface area contributed by atoms with Gasteiger partial charge in [0, 0.05) is 0 Å². The Bertz CT molecular complexity index is 608. The van der Waals surface area contributed by atoms with E-state index < -0.39 is 5.82 Å². The Kier molecular flexibility index (Phi) is 4.74. The fourth-order valence-corrected chi connectivity index (χ4v) is 2.28. The first-order valence-corrected chi connectivity index (χ1v) is 6.81. The molecule has 0 saturated heterocycles. The van der Waals surface area contributed by atoms with Gasteiger partial charge in [-0.05, 0) is 39.8 Å². The van der Waals surface area contributed by atoms with Gasteiger partial charge in [0.1, 0.15) is 6.61 Å². The van der Waals surface area contributed by atoms with Crippen LogP contribution < -0.4 is 4.74 Å².